The van der Waals surface area contributed by atoms with Crippen LogP contribution in [0.2, 0.25) is 5.02 Å². The normalized spacial score (nSPS) is 11.9. The van der Waals surface area contributed by atoms with Gasteiger partial charge in [-0.3, -0.25) is 13.9 Å². The molecule has 3 rings (SSSR count). The Balaban J connectivity index is 2.00. The predicted octanol–water partition coefficient (Wildman–Crippen LogP) is 5.58. The van der Waals surface area contributed by atoms with Crippen molar-refractivity contribution in [3.63, 3.8) is 0 Å². The minimum absolute atomic E-state index is 0.0148. The summed E-state index contributed by atoms with van der Waals surface area (Å²) >= 11 is 6.01. The summed E-state index contributed by atoms with van der Waals surface area (Å²) in [6.45, 7) is 8.07. The molecule has 0 aliphatic rings. The van der Waals surface area contributed by atoms with Crippen molar-refractivity contribution in [2.75, 3.05) is 24.0 Å². The first kappa shape index (κ1) is 32.0. The smallest absolute Gasteiger partial charge is 0.264 e. The fourth-order valence-corrected chi connectivity index (χ4v) is 5.69. The number of nitrogens with one attached hydrogen (secondary N) is 1. The lowest BCUT2D eigenvalue weighted by molar-refractivity contribution is -0.139. The fraction of sp³-hybridized carbons (Fsp3) is 0.355. The summed E-state index contributed by atoms with van der Waals surface area (Å²) in [5, 5.41) is 3.28. The summed E-state index contributed by atoms with van der Waals surface area (Å²) in [6.07, 6.45) is 1.73. The number of nitrogens with zero attached hydrogens (tertiary/aromatic N) is 2. The van der Waals surface area contributed by atoms with Gasteiger partial charge in [0.05, 0.1) is 17.2 Å². The molecule has 2 amide bonds. The number of carbonyl (C=O) groups excluding carboxylic acids is 2. The van der Waals surface area contributed by atoms with Crippen LogP contribution in [0, 0.1) is 6.92 Å². The lowest BCUT2D eigenvalue weighted by Gasteiger charge is -2.32. The van der Waals surface area contributed by atoms with Crippen molar-refractivity contribution in [3.8, 4) is 5.75 Å². The van der Waals surface area contributed by atoms with Crippen LogP contribution in [0.1, 0.15) is 44.7 Å². The van der Waals surface area contributed by atoms with Gasteiger partial charge in [0, 0.05) is 18.1 Å². The third-order valence-corrected chi connectivity index (χ3v) is 8.63. The highest BCUT2D eigenvalue weighted by molar-refractivity contribution is 7.92. The van der Waals surface area contributed by atoms with E-state index in [1.54, 1.807) is 31.2 Å². The molecule has 3 aromatic rings. The molecule has 8 nitrogen and oxygen atoms in total. The van der Waals surface area contributed by atoms with Gasteiger partial charge in [0.2, 0.25) is 11.8 Å². The van der Waals surface area contributed by atoms with E-state index in [-0.39, 0.29) is 23.0 Å². The Kier molecular flexibility index (Phi) is 11.6. The van der Waals surface area contributed by atoms with Gasteiger partial charge in [0.25, 0.3) is 10.0 Å². The van der Waals surface area contributed by atoms with E-state index in [2.05, 4.69) is 5.32 Å². The second kappa shape index (κ2) is 14.9. The Labute approximate surface area is 248 Å². The summed E-state index contributed by atoms with van der Waals surface area (Å²) in [4.78, 5) is 28.4. The quantitative estimate of drug-likeness (QED) is 0.244. The SMILES string of the molecule is CCCCNC(=O)C(C)N(Cc1ccc(C)cc1)C(=O)CN(c1ccc(OCC)cc1)S(=O)(=O)c1ccc(Cl)cc1. The molecule has 0 fully saturated rings. The monoisotopic (exact) mass is 599 g/mol. The number of ether oxygens (including phenoxy) is 1. The molecule has 10 heteroatoms. The van der Waals surface area contributed by atoms with Crippen molar-refractivity contribution < 1.29 is 22.7 Å². The molecular formula is C31H38ClN3O5S. The standard InChI is InChI=1S/C31H38ClN3O5S/c1-5-7-20-33-31(37)24(4)34(21-25-10-8-23(3)9-11-25)30(36)22-35(27-14-16-28(17-15-27)40-6-2)41(38,39)29-18-12-26(32)13-19-29/h8-19,24H,5-7,20-22H2,1-4H3,(H,33,37). The third-order valence-electron chi connectivity index (χ3n) is 6.59. The van der Waals surface area contributed by atoms with Gasteiger partial charge >= 0.3 is 0 Å². The number of aryl methyl sites for hydroxylation is 1. The Morgan fingerprint density at radius 3 is 2.17 bits per heavy atom. The summed E-state index contributed by atoms with van der Waals surface area (Å²) in [5.74, 6) is -0.244. The average Bonchev–Trinajstić information content (AvgIpc) is 2.96. The van der Waals surface area contributed by atoms with Crippen LogP contribution < -0.4 is 14.4 Å². The molecule has 3 aromatic carbocycles. The van der Waals surface area contributed by atoms with Gasteiger partial charge in [0.1, 0.15) is 18.3 Å². The van der Waals surface area contributed by atoms with Crippen LogP contribution in [0.15, 0.2) is 77.7 Å². The van der Waals surface area contributed by atoms with Crippen LogP contribution in [0.25, 0.3) is 0 Å². The molecule has 0 aliphatic carbocycles. The highest BCUT2D eigenvalue weighted by Crippen LogP contribution is 2.27. The number of benzene rings is 3. The zero-order valence-corrected chi connectivity index (χ0v) is 25.5. The fourth-order valence-electron chi connectivity index (χ4n) is 4.15. The second-order valence-electron chi connectivity index (χ2n) is 9.72. The van der Waals surface area contributed by atoms with Crippen molar-refractivity contribution in [1.29, 1.82) is 0 Å². The minimum Gasteiger partial charge on any atom is -0.494 e. The van der Waals surface area contributed by atoms with Crippen LogP contribution in [-0.2, 0) is 26.2 Å². The largest absolute Gasteiger partial charge is 0.494 e. The molecule has 0 saturated heterocycles. The van der Waals surface area contributed by atoms with Crippen molar-refractivity contribution in [2.24, 2.45) is 0 Å². The molecule has 0 radical (unpaired) electrons. The van der Waals surface area contributed by atoms with Gasteiger partial charge in [-0.2, -0.15) is 0 Å². The Morgan fingerprint density at radius 2 is 1.59 bits per heavy atom. The number of sulfonamides is 1. The van der Waals surface area contributed by atoms with Gasteiger partial charge in [-0.05, 0) is 81.3 Å². The van der Waals surface area contributed by atoms with E-state index in [0.717, 1.165) is 28.3 Å². The first-order chi connectivity index (χ1) is 19.6. The number of unbranched alkanes of at least 4 members (excludes halogenated alkanes) is 1. The van der Waals surface area contributed by atoms with Crippen LogP contribution in [0.3, 0.4) is 0 Å². The van der Waals surface area contributed by atoms with Crippen LogP contribution >= 0.6 is 11.6 Å². The number of rotatable bonds is 14. The zero-order chi connectivity index (χ0) is 30.0. The van der Waals surface area contributed by atoms with E-state index in [9.17, 15) is 18.0 Å². The van der Waals surface area contributed by atoms with Crippen LogP contribution in [0.4, 0.5) is 5.69 Å². The molecular weight excluding hydrogens is 562 g/mol. The number of anilines is 1. The summed E-state index contributed by atoms with van der Waals surface area (Å²) in [7, 11) is -4.18. The van der Waals surface area contributed by atoms with Crippen molar-refractivity contribution in [1.82, 2.24) is 10.2 Å². The maximum Gasteiger partial charge on any atom is 0.264 e. The molecule has 1 unspecified atom stereocenters. The number of hydrogen-bond acceptors (Lipinski definition) is 5. The predicted molar refractivity (Wildman–Crippen MR) is 163 cm³/mol. The maximum atomic E-state index is 14.0. The molecule has 41 heavy (non-hydrogen) atoms. The van der Waals surface area contributed by atoms with E-state index < -0.39 is 28.5 Å². The number of carbonyl (C=O) groups is 2. The Morgan fingerprint density at radius 1 is 0.951 bits per heavy atom. The number of amides is 2. The number of hydrogen-bond donors (Lipinski definition) is 1. The van der Waals surface area contributed by atoms with Gasteiger partial charge in [-0.25, -0.2) is 8.42 Å². The van der Waals surface area contributed by atoms with E-state index in [0.29, 0.717) is 23.9 Å². The van der Waals surface area contributed by atoms with Gasteiger partial charge in [0.15, 0.2) is 0 Å². The molecule has 1 N–H and O–H groups in total. The zero-order valence-electron chi connectivity index (χ0n) is 24.0. The molecule has 0 bridgehead atoms. The van der Waals surface area contributed by atoms with E-state index in [1.807, 2.05) is 45.0 Å². The molecule has 0 saturated carbocycles. The van der Waals surface area contributed by atoms with E-state index in [1.165, 1.54) is 29.2 Å². The highest BCUT2D eigenvalue weighted by Gasteiger charge is 2.32. The average molecular weight is 600 g/mol. The van der Waals surface area contributed by atoms with Crippen LogP contribution in [0.5, 0.6) is 5.75 Å². The Bertz CT molecular complexity index is 1400. The molecule has 0 heterocycles. The first-order valence-corrected chi connectivity index (χ1v) is 15.5. The maximum absolute atomic E-state index is 14.0. The van der Waals surface area contributed by atoms with Crippen molar-refractivity contribution >= 4 is 39.1 Å². The van der Waals surface area contributed by atoms with Gasteiger partial charge in [-0.1, -0.05) is 54.8 Å². The molecule has 220 valence electrons. The van der Waals surface area contributed by atoms with Gasteiger partial charge < -0.3 is 15.0 Å². The topological polar surface area (TPSA) is 96.0 Å². The second-order valence-corrected chi connectivity index (χ2v) is 12.0. The number of halogens is 1. The summed E-state index contributed by atoms with van der Waals surface area (Å²) in [6, 6.07) is 19.1. The van der Waals surface area contributed by atoms with Crippen molar-refractivity contribution in [3.05, 3.63) is 88.9 Å². The first-order valence-electron chi connectivity index (χ1n) is 13.7. The highest BCUT2D eigenvalue weighted by atomic mass is 35.5. The lowest BCUT2D eigenvalue weighted by Crippen LogP contribution is -2.51. The van der Waals surface area contributed by atoms with Crippen molar-refractivity contribution in [2.45, 2.75) is 58.0 Å². The van der Waals surface area contributed by atoms with Crippen LogP contribution in [-0.4, -0.2) is 50.9 Å². The summed E-state index contributed by atoms with van der Waals surface area (Å²) < 4.78 is 34.3. The van der Waals surface area contributed by atoms with E-state index >= 15 is 0 Å². The minimum atomic E-state index is -4.18. The molecule has 0 spiro atoms. The molecule has 0 aliphatic heterocycles. The Hall–Kier alpha value is -3.56. The summed E-state index contributed by atoms with van der Waals surface area (Å²) in [5.41, 5.74) is 2.17. The lowest BCUT2D eigenvalue weighted by atomic mass is 10.1. The van der Waals surface area contributed by atoms with E-state index in [4.69, 9.17) is 16.3 Å². The van der Waals surface area contributed by atoms with Gasteiger partial charge in [-0.15, -0.1) is 0 Å². The third kappa shape index (κ3) is 8.71. The molecule has 0 aromatic heterocycles. The molecule has 1 atom stereocenters.